The lowest BCUT2D eigenvalue weighted by Gasteiger charge is -2.37. The van der Waals surface area contributed by atoms with E-state index in [4.69, 9.17) is 12.6 Å². The summed E-state index contributed by atoms with van der Waals surface area (Å²) in [6.07, 6.45) is 5.31. The zero-order chi connectivity index (χ0) is 13.5. The van der Waals surface area contributed by atoms with Crippen molar-refractivity contribution in [2.45, 2.75) is 37.2 Å². The van der Waals surface area contributed by atoms with Crippen LogP contribution >= 0.6 is 0 Å². The maximum Gasteiger partial charge on any atom is 0.223 e. The minimum atomic E-state index is -2.56. The van der Waals surface area contributed by atoms with Crippen LogP contribution < -0.4 is 4.74 Å². The highest BCUT2D eigenvalue weighted by atomic mass is 16.7. The first-order valence-electron chi connectivity index (χ1n) is 6.50. The predicted octanol–water partition coefficient (Wildman–Crippen LogP) is -0.526. The number of aliphatic hydroxyl groups is 3. The Bertz CT molecular complexity index is 502. The number of aromatic nitrogens is 2. The normalized spacial score (nSPS) is 29.2. The van der Waals surface area contributed by atoms with Gasteiger partial charge in [-0.15, -0.1) is 0 Å². The second-order valence-electron chi connectivity index (χ2n) is 6.19. The second kappa shape index (κ2) is 3.00. The van der Waals surface area contributed by atoms with Gasteiger partial charge in [0.05, 0.1) is 6.20 Å². The quantitative estimate of drug-likeness (QED) is 0.432. The molecule has 0 bridgehead atoms. The fraction of sp³-hybridized carbons (Fsp3) is 0.750. The largest absolute Gasteiger partial charge is 0.450 e. The van der Waals surface area contributed by atoms with Gasteiger partial charge < -0.3 is 20.1 Å². The highest BCUT2D eigenvalue weighted by Gasteiger charge is 2.92. The monoisotopic (exact) mass is 262 g/mol. The third-order valence-electron chi connectivity index (χ3n) is 5.26. The molecule has 2 spiro atoms. The standard InChI is InChI=1S/C12H15BN2O4/c13-12(18,19-7-1-6-14-15-7)11(16,17)8-9(2-3-9)10(8)4-5-10/h1,6,8,16-18H,2-5H2,(H,14,15). The summed E-state index contributed by atoms with van der Waals surface area (Å²) in [5.74, 6) is -2.79. The summed E-state index contributed by atoms with van der Waals surface area (Å²) in [4.78, 5) is 0. The van der Waals surface area contributed by atoms with Crippen molar-refractivity contribution in [2.75, 3.05) is 0 Å². The molecule has 1 atom stereocenters. The Kier molecular flexibility index (Phi) is 1.85. The van der Waals surface area contributed by atoms with E-state index in [-0.39, 0.29) is 16.7 Å². The minimum Gasteiger partial charge on any atom is -0.450 e. The number of aromatic amines is 1. The Morgan fingerprint density at radius 3 is 2.26 bits per heavy atom. The van der Waals surface area contributed by atoms with Crippen molar-refractivity contribution in [1.29, 1.82) is 0 Å². The molecule has 100 valence electrons. The lowest BCUT2D eigenvalue weighted by atomic mass is 9.81. The molecule has 19 heavy (non-hydrogen) atoms. The summed E-state index contributed by atoms with van der Waals surface area (Å²) < 4.78 is 5.07. The highest BCUT2D eigenvalue weighted by molar-refractivity contribution is 6.14. The van der Waals surface area contributed by atoms with Gasteiger partial charge in [-0.2, -0.15) is 5.10 Å². The molecular formula is C12H15BN2O4. The van der Waals surface area contributed by atoms with Crippen LogP contribution in [0.4, 0.5) is 0 Å². The summed E-state index contributed by atoms with van der Waals surface area (Å²) >= 11 is 0. The van der Waals surface area contributed by atoms with E-state index in [2.05, 4.69) is 10.2 Å². The molecule has 0 saturated heterocycles. The Balaban J connectivity index is 1.60. The van der Waals surface area contributed by atoms with Crippen LogP contribution in [0.5, 0.6) is 5.88 Å². The maximum absolute atomic E-state index is 10.4. The summed E-state index contributed by atoms with van der Waals surface area (Å²) in [5, 5.41) is 37.0. The number of hydrogen-bond donors (Lipinski definition) is 4. The molecule has 1 unspecified atom stereocenters. The molecule has 4 N–H and O–H groups in total. The maximum atomic E-state index is 10.4. The first kappa shape index (κ1) is 11.8. The fourth-order valence-corrected chi connectivity index (χ4v) is 4.10. The van der Waals surface area contributed by atoms with Crippen LogP contribution in [-0.4, -0.2) is 44.8 Å². The second-order valence-corrected chi connectivity index (χ2v) is 6.19. The zero-order valence-corrected chi connectivity index (χ0v) is 10.3. The van der Waals surface area contributed by atoms with Crippen LogP contribution in [-0.2, 0) is 0 Å². The first-order chi connectivity index (χ1) is 8.86. The van der Waals surface area contributed by atoms with Crippen LogP contribution in [0, 0.1) is 16.7 Å². The average molecular weight is 262 g/mol. The summed E-state index contributed by atoms with van der Waals surface area (Å²) in [6.45, 7) is 0. The van der Waals surface area contributed by atoms with Gasteiger partial charge in [-0.3, -0.25) is 0 Å². The summed E-state index contributed by atoms with van der Waals surface area (Å²) in [6, 6.07) is 1.45. The summed E-state index contributed by atoms with van der Waals surface area (Å²) in [7, 11) is 5.61. The average Bonchev–Trinajstić information content (AvgIpc) is 3.26. The van der Waals surface area contributed by atoms with Crippen molar-refractivity contribution in [3.05, 3.63) is 12.3 Å². The lowest BCUT2D eigenvalue weighted by molar-refractivity contribution is -0.319. The molecule has 4 rings (SSSR count). The van der Waals surface area contributed by atoms with Gasteiger partial charge in [0.2, 0.25) is 17.4 Å². The van der Waals surface area contributed by atoms with Crippen molar-refractivity contribution in [2.24, 2.45) is 16.7 Å². The van der Waals surface area contributed by atoms with E-state index < -0.39 is 17.4 Å². The van der Waals surface area contributed by atoms with Crippen LogP contribution in [0.1, 0.15) is 25.7 Å². The number of hydrogen-bond acceptors (Lipinski definition) is 5. The molecule has 0 aromatic carbocycles. The molecular weight excluding hydrogens is 247 g/mol. The Hall–Kier alpha value is -1.05. The van der Waals surface area contributed by atoms with Gasteiger partial charge in [-0.1, -0.05) is 0 Å². The predicted molar refractivity (Wildman–Crippen MR) is 63.9 cm³/mol. The zero-order valence-electron chi connectivity index (χ0n) is 10.3. The van der Waals surface area contributed by atoms with Gasteiger partial charge in [0.15, 0.2) is 7.85 Å². The van der Waals surface area contributed by atoms with E-state index in [1.807, 2.05) is 0 Å². The van der Waals surface area contributed by atoms with Crippen molar-refractivity contribution in [3.8, 4) is 5.88 Å². The van der Waals surface area contributed by atoms with Gasteiger partial charge in [0, 0.05) is 12.0 Å². The van der Waals surface area contributed by atoms with Crippen LogP contribution in [0.25, 0.3) is 0 Å². The smallest absolute Gasteiger partial charge is 0.223 e. The van der Waals surface area contributed by atoms with E-state index in [0.717, 1.165) is 25.7 Å². The molecule has 0 amide bonds. The molecule has 3 fully saturated rings. The van der Waals surface area contributed by atoms with Crippen LogP contribution in [0.3, 0.4) is 0 Å². The van der Waals surface area contributed by atoms with Crippen molar-refractivity contribution < 1.29 is 20.1 Å². The Labute approximate surface area is 111 Å². The topological polar surface area (TPSA) is 98.6 Å². The molecule has 7 heteroatoms. The van der Waals surface area contributed by atoms with Crippen LogP contribution in [0.2, 0.25) is 0 Å². The third-order valence-corrected chi connectivity index (χ3v) is 5.26. The molecule has 3 saturated carbocycles. The van der Waals surface area contributed by atoms with Crippen molar-refractivity contribution in [1.82, 2.24) is 10.2 Å². The number of fused-ring (bicyclic) bond motifs is 1. The van der Waals surface area contributed by atoms with E-state index >= 15 is 0 Å². The first-order valence-corrected chi connectivity index (χ1v) is 6.50. The van der Waals surface area contributed by atoms with Crippen LogP contribution in [0.15, 0.2) is 12.3 Å². The Morgan fingerprint density at radius 2 is 1.84 bits per heavy atom. The molecule has 1 aromatic heterocycles. The van der Waals surface area contributed by atoms with E-state index in [1.165, 1.54) is 12.3 Å². The Morgan fingerprint density at radius 1 is 1.26 bits per heavy atom. The molecule has 3 aliphatic rings. The SMILES string of the molecule is [B]C(O)(Oc1ccn[nH]1)C(O)(O)C1C2(CC2)C12CC2. The number of nitrogens with one attached hydrogen (secondary N) is 1. The number of nitrogens with zero attached hydrogens (tertiary/aromatic N) is 1. The molecule has 3 aliphatic carbocycles. The molecule has 1 heterocycles. The minimum absolute atomic E-state index is 0.0266. The number of H-pyrrole nitrogens is 1. The van der Waals surface area contributed by atoms with Gasteiger partial charge in [-0.05, 0) is 36.5 Å². The molecule has 1 aromatic rings. The summed E-state index contributed by atoms with van der Waals surface area (Å²) in [5.41, 5.74) is -2.62. The molecule has 0 aliphatic heterocycles. The number of rotatable bonds is 4. The lowest BCUT2D eigenvalue weighted by Crippen LogP contribution is -2.61. The van der Waals surface area contributed by atoms with Gasteiger partial charge in [0.25, 0.3) is 0 Å². The third kappa shape index (κ3) is 1.26. The highest BCUT2D eigenvalue weighted by Crippen LogP contribution is 2.94. The molecule has 2 radical (unpaired) electrons. The van der Waals surface area contributed by atoms with Gasteiger partial charge in [0.1, 0.15) is 0 Å². The van der Waals surface area contributed by atoms with E-state index in [0.29, 0.717) is 0 Å². The van der Waals surface area contributed by atoms with Gasteiger partial charge >= 0.3 is 0 Å². The fourth-order valence-electron chi connectivity index (χ4n) is 4.10. The van der Waals surface area contributed by atoms with Crippen molar-refractivity contribution in [3.63, 3.8) is 0 Å². The van der Waals surface area contributed by atoms with Gasteiger partial charge in [-0.25, -0.2) is 5.10 Å². The number of ether oxygens (including phenoxy) is 1. The van der Waals surface area contributed by atoms with E-state index in [1.54, 1.807) is 0 Å². The van der Waals surface area contributed by atoms with Crippen molar-refractivity contribution >= 4 is 7.85 Å². The molecule has 6 nitrogen and oxygen atoms in total. The van der Waals surface area contributed by atoms with E-state index in [9.17, 15) is 15.3 Å².